The number of para-hydroxylation sites is 1. The number of rotatable bonds is 2. The molecule has 0 saturated heterocycles. The van der Waals surface area contributed by atoms with Crippen LogP contribution in [-0.4, -0.2) is 40.7 Å². The fourth-order valence-electron chi connectivity index (χ4n) is 3.74. The van der Waals surface area contributed by atoms with Crippen LogP contribution in [0.25, 0.3) is 0 Å². The zero-order chi connectivity index (χ0) is 18.5. The second-order valence-electron chi connectivity index (χ2n) is 8.59. The summed E-state index contributed by atoms with van der Waals surface area (Å²) in [6.07, 6.45) is 2.41. The third-order valence-corrected chi connectivity index (χ3v) is 5.34. The van der Waals surface area contributed by atoms with Crippen LogP contribution in [-0.2, 0) is 12.1 Å². The van der Waals surface area contributed by atoms with Gasteiger partial charge in [0.1, 0.15) is 0 Å². The number of fused-ring (bicyclic) bond motifs is 1. The number of benzene rings is 1. The van der Waals surface area contributed by atoms with E-state index in [-0.39, 0.29) is 11.4 Å². The number of likely N-dealkylation sites (N-methyl/N-ethyl adjacent to an activating group) is 1. The van der Waals surface area contributed by atoms with E-state index in [0.29, 0.717) is 24.7 Å². The Morgan fingerprint density at radius 3 is 2.58 bits per heavy atom. The Morgan fingerprint density at radius 1 is 1.15 bits per heavy atom. The topological polar surface area (TPSA) is 41.4 Å². The first-order chi connectivity index (χ1) is 12.3. The molecule has 1 aliphatic carbocycles. The molecule has 0 atom stereocenters. The molecule has 5 heteroatoms. The van der Waals surface area contributed by atoms with Crippen molar-refractivity contribution < 1.29 is 4.79 Å². The van der Waals surface area contributed by atoms with Crippen LogP contribution in [0.15, 0.2) is 30.3 Å². The molecule has 138 valence electrons. The minimum Gasteiger partial charge on any atom is -0.373 e. The normalized spacial score (nSPS) is 17.8. The number of anilines is 1. The van der Waals surface area contributed by atoms with Crippen molar-refractivity contribution in [2.75, 3.05) is 25.0 Å². The number of carbonyl (C=O) groups excluding carboxylic acids is 1. The number of hydrogen-bond donors (Lipinski definition) is 0. The van der Waals surface area contributed by atoms with Crippen LogP contribution in [0.4, 0.5) is 5.69 Å². The van der Waals surface area contributed by atoms with E-state index in [4.69, 9.17) is 5.10 Å². The highest BCUT2D eigenvalue weighted by molar-refractivity contribution is 5.92. The average Bonchev–Trinajstić information content (AvgIpc) is 3.37. The molecule has 2 heterocycles. The second kappa shape index (κ2) is 6.15. The predicted molar refractivity (Wildman–Crippen MR) is 104 cm³/mol. The SMILES string of the molecule is CN1CCN(C(=O)c2cc(C3CC3)n(C(C)(C)C)n2)Cc2ccccc21. The largest absolute Gasteiger partial charge is 0.373 e. The van der Waals surface area contributed by atoms with Crippen molar-refractivity contribution >= 4 is 11.6 Å². The summed E-state index contributed by atoms with van der Waals surface area (Å²) in [5.74, 6) is 0.610. The Kier molecular flexibility index (Phi) is 4.05. The summed E-state index contributed by atoms with van der Waals surface area (Å²) in [6.45, 7) is 8.63. The van der Waals surface area contributed by atoms with Gasteiger partial charge in [0, 0.05) is 44.0 Å². The van der Waals surface area contributed by atoms with E-state index in [9.17, 15) is 4.79 Å². The molecule has 1 aliphatic heterocycles. The minimum atomic E-state index is -0.109. The van der Waals surface area contributed by atoms with Gasteiger partial charge in [-0.2, -0.15) is 5.10 Å². The average molecular weight is 352 g/mol. The maximum atomic E-state index is 13.2. The highest BCUT2D eigenvalue weighted by Gasteiger charge is 2.33. The Bertz CT molecular complexity index is 829. The monoisotopic (exact) mass is 352 g/mol. The van der Waals surface area contributed by atoms with Crippen molar-refractivity contribution in [2.45, 2.75) is 51.6 Å². The van der Waals surface area contributed by atoms with E-state index in [1.54, 1.807) is 0 Å². The van der Waals surface area contributed by atoms with E-state index in [0.717, 1.165) is 6.54 Å². The lowest BCUT2D eigenvalue weighted by atomic mass is 10.1. The van der Waals surface area contributed by atoms with Crippen LogP contribution < -0.4 is 4.90 Å². The summed E-state index contributed by atoms with van der Waals surface area (Å²) in [4.78, 5) is 17.4. The van der Waals surface area contributed by atoms with Gasteiger partial charge in [-0.05, 0) is 51.3 Å². The van der Waals surface area contributed by atoms with Crippen molar-refractivity contribution in [3.63, 3.8) is 0 Å². The molecule has 0 unspecified atom stereocenters. The van der Waals surface area contributed by atoms with Gasteiger partial charge in [0.2, 0.25) is 0 Å². The van der Waals surface area contributed by atoms with Gasteiger partial charge in [-0.15, -0.1) is 0 Å². The summed E-state index contributed by atoms with van der Waals surface area (Å²) < 4.78 is 2.07. The van der Waals surface area contributed by atoms with Crippen LogP contribution >= 0.6 is 0 Å². The molecule has 0 radical (unpaired) electrons. The number of amides is 1. The molecule has 2 aliphatic rings. The molecule has 1 saturated carbocycles. The van der Waals surface area contributed by atoms with Crippen molar-refractivity contribution in [1.82, 2.24) is 14.7 Å². The summed E-state index contributed by atoms with van der Waals surface area (Å²) >= 11 is 0. The lowest BCUT2D eigenvalue weighted by Gasteiger charge is -2.23. The molecule has 5 nitrogen and oxygen atoms in total. The summed E-state index contributed by atoms with van der Waals surface area (Å²) in [5.41, 5.74) is 4.10. The van der Waals surface area contributed by atoms with Gasteiger partial charge < -0.3 is 9.80 Å². The highest BCUT2D eigenvalue weighted by atomic mass is 16.2. The van der Waals surface area contributed by atoms with Crippen LogP contribution in [0.5, 0.6) is 0 Å². The Balaban J connectivity index is 1.64. The fraction of sp³-hybridized carbons (Fsp3) is 0.524. The first-order valence-electron chi connectivity index (χ1n) is 9.53. The van der Waals surface area contributed by atoms with E-state index < -0.39 is 0 Å². The van der Waals surface area contributed by atoms with E-state index >= 15 is 0 Å². The molecule has 4 rings (SSSR count). The molecular weight excluding hydrogens is 324 g/mol. The molecular formula is C21H28N4O. The van der Waals surface area contributed by atoms with Gasteiger partial charge >= 0.3 is 0 Å². The highest BCUT2D eigenvalue weighted by Crippen LogP contribution is 2.42. The van der Waals surface area contributed by atoms with Gasteiger partial charge in [0.05, 0.1) is 5.54 Å². The molecule has 2 aromatic rings. The maximum absolute atomic E-state index is 13.2. The smallest absolute Gasteiger partial charge is 0.274 e. The number of hydrogen-bond acceptors (Lipinski definition) is 3. The predicted octanol–water partition coefficient (Wildman–Crippen LogP) is 3.61. The lowest BCUT2D eigenvalue weighted by molar-refractivity contribution is 0.0744. The van der Waals surface area contributed by atoms with Crippen LogP contribution in [0.1, 0.15) is 61.3 Å². The summed E-state index contributed by atoms with van der Waals surface area (Å²) in [7, 11) is 2.09. The molecule has 0 bridgehead atoms. The molecule has 1 fully saturated rings. The Labute approximate surface area is 155 Å². The van der Waals surface area contributed by atoms with Gasteiger partial charge in [0.15, 0.2) is 5.69 Å². The fourth-order valence-corrected chi connectivity index (χ4v) is 3.74. The van der Waals surface area contributed by atoms with Gasteiger partial charge in [-0.25, -0.2) is 0 Å². The zero-order valence-electron chi connectivity index (χ0n) is 16.2. The Hall–Kier alpha value is -2.30. The summed E-state index contributed by atoms with van der Waals surface area (Å²) in [6, 6.07) is 10.4. The second-order valence-corrected chi connectivity index (χ2v) is 8.59. The first-order valence-corrected chi connectivity index (χ1v) is 9.53. The first kappa shape index (κ1) is 17.1. The standard InChI is InChI=1S/C21H28N4O/c1-21(2,3)25-19(15-9-10-15)13-17(22-25)20(26)24-12-11-23(4)18-8-6-5-7-16(18)14-24/h5-8,13,15H,9-12,14H2,1-4H3. The summed E-state index contributed by atoms with van der Waals surface area (Å²) in [5, 5.41) is 4.74. The van der Waals surface area contributed by atoms with Gasteiger partial charge in [0.25, 0.3) is 5.91 Å². The van der Waals surface area contributed by atoms with Gasteiger partial charge in [-0.3, -0.25) is 9.48 Å². The van der Waals surface area contributed by atoms with Crippen molar-refractivity contribution in [3.8, 4) is 0 Å². The van der Waals surface area contributed by atoms with Crippen LogP contribution in [0.3, 0.4) is 0 Å². The molecule has 1 aromatic heterocycles. The zero-order valence-corrected chi connectivity index (χ0v) is 16.2. The quantitative estimate of drug-likeness (QED) is 0.829. The van der Waals surface area contributed by atoms with Crippen molar-refractivity contribution in [1.29, 1.82) is 0 Å². The van der Waals surface area contributed by atoms with Crippen LogP contribution in [0, 0.1) is 0 Å². The number of aromatic nitrogens is 2. The molecule has 1 amide bonds. The molecule has 0 spiro atoms. The molecule has 0 N–H and O–H groups in total. The van der Waals surface area contributed by atoms with Crippen LogP contribution in [0.2, 0.25) is 0 Å². The third kappa shape index (κ3) is 3.11. The van der Waals surface area contributed by atoms with E-state index in [1.807, 2.05) is 17.0 Å². The third-order valence-electron chi connectivity index (χ3n) is 5.34. The molecule has 26 heavy (non-hydrogen) atoms. The van der Waals surface area contributed by atoms with Crippen molar-refractivity contribution in [2.24, 2.45) is 0 Å². The van der Waals surface area contributed by atoms with E-state index in [1.165, 1.54) is 29.8 Å². The minimum absolute atomic E-state index is 0.0417. The van der Waals surface area contributed by atoms with E-state index in [2.05, 4.69) is 55.6 Å². The van der Waals surface area contributed by atoms with Gasteiger partial charge in [-0.1, -0.05) is 18.2 Å². The number of carbonyl (C=O) groups is 1. The lowest BCUT2D eigenvalue weighted by Crippen LogP contribution is -2.35. The number of nitrogens with zero attached hydrogens (tertiary/aromatic N) is 4. The van der Waals surface area contributed by atoms with Crippen molar-refractivity contribution in [3.05, 3.63) is 47.3 Å². The Morgan fingerprint density at radius 2 is 1.88 bits per heavy atom. The maximum Gasteiger partial charge on any atom is 0.274 e. The molecule has 1 aromatic carbocycles.